The zero-order chi connectivity index (χ0) is 13.6. The lowest BCUT2D eigenvalue weighted by Gasteiger charge is -2.09. The first-order valence-corrected chi connectivity index (χ1v) is 7.17. The highest BCUT2D eigenvalue weighted by atomic mass is 16.4. The van der Waals surface area contributed by atoms with Crippen molar-refractivity contribution >= 4 is 5.97 Å². The third-order valence-corrected chi connectivity index (χ3v) is 3.12. The van der Waals surface area contributed by atoms with Gasteiger partial charge in [0.1, 0.15) is 0 Å². The Balaban J connectivity index is 3.09. The molecule has 4 nitrogen and oxygen atoms in total. The summed E-state index contributed by atoms with van der Waals surface area (Å²) in [5.74, 6) is -0.702. The molecule has 1 unspecified atom stereocenters. The molecule has 0 aromatic carbocycles. The molecule has 0 amide bonds. The molecule has 0 spiro atoms. The van der Waals surface area contributed by atoms with Gasteiger partial charge in [0.05, 0.1) is 6.10 Å². The van der Waals surface area contributed by atoms with Gasteiger partial charge in [0.25, 0.3) is 0 Å². The normalized spacial score (nSPS) is 12.6. The second-order valence-electron chi connectivity index (χ2n) is 4.93. The summed E-state index contributed by atoms with van der Waals surface area (Å²) in [6.07, 6.45) is 9.66. The Morgan fingerprint density at radius 2 is 1.33 bits per heavy atom. The highest BCUT2D eigenvalue weighted by molar-refractivity contribution is 5.66. The average molecular weight is 260 g/mol. The van der Waals surface area contributed by atoms with Crippen molar-refractivity contribution in [3.63, 3.8) is 0 Å². The molecule has 0 aliphatic heterocycles. The largest absolute Gasteiger partial charge is 0.481 e. The minimum atomic E-state index is -0.702. The van der Waals surface area contributed by atoms with Crippen molar-refractivity contribution in [3.8, 4) is 0 Å². The molecule has 0 fully saturated rings. The third-order valence-electron chi connectivity index (χ3n) is 3.12. The fourth-order valence-corrected chi connectivity index (χ4v) is 2.01. The van der Waals surface area contributed by atoms with Crippen molar-refractivity contribution in [1.82, 2.24) is 0 Å². The van der Waals surface area contributed by atoms with Gasteiger partial charge >= 0.3 is 5.97 Å². The number of carboxylic acids is 1. The van der Waals surface area contributed by atoms with Crippen LogP contribution in [0.15, 0.2) is 0 Å². The first kappa shape index (κ1) is 17.4. The first-order valence-electron chi connectivity index (χ1n) is 7.17. The lowest BCUT2D eigenvalue weighted by molar-refractivity contribution is -0.137. The van der Waals surface area contributed by atoms with Crippen LogP contribution in [-0.4, -0.2) is 34.0 Å². The van der Waals surface area contributed by atoms with E-state index in [4.69, 9.17) is 10.2 Å². The molecule has 0 saturated carbocycles. The first-order chi connectivity index (χ1) is 8.66. The number of carbonyl (C=O) groups is 1. The van der Waals surface area contributed by atoms with Crippen LogP contribution in [0.4, 0.5) is 0 Å². The van der Waals surface area contributed by atoms with Crippen molar-refractivity contribution < 1.29 is 20.1 Å². The standard InChI is InChI=1S/C14H28O4/c15-12-8-10-13(16)9-6-4-2-1-3-5-7-11-14(17)18/h13,15-16H,1-12H2,(H,17,18). The Labute approximate surface area is 110 Å². The van der Waals surface area contributed by atoms with Crippen molar-refractivity contribution in [2.75, 3.05) is 6.61 Å². The molecule has 0 radical (unpaired) electrons. The van der Waals surface area contributed by atoms with Crippen LogP contribution in [0.25, 0.3) is 0 Å². The molecular formula is C14H28O4. The summed E-state index contributed by atoms with van der Waals surface area (Å²) in [5.41, 5.74) is 0. The number of rotatable bonds is 13. The van der Waals surface area contributed by atoms with E-state index in [-0.39, 0.29) is 19.1 Å². The van der Waals surface area contributed by atoms with Gasteiger partial charge < -0.3 is 15.3 Å². The van der Waals surface area contributed by atoms with Gasteiger partial charge in [-0.05, 0) is 25.7 Å². The van der Waals surface area contributed by atoms with Crippen LogP contribution >= 0.6 is 0 Å². The molecule has 0 aromatic heterocycles. The molecule has 3 N–H and O–H groups in total. The van der Waals surface area contributed by atoms with Gasteiger partial charge in [-0.3, -0.25) is 4.79 Å². The van der Waals surface area contributed by atoms with E-state index < -0.39 is 5.97 Å². The number of aliphatic hydroxyl groups is 2. The minimum absolute atomic E-state index is 0.160. The number of aliphatic carboxylic acids is 1. The van der Waals surface area contributed by atoms with E-state index in [2.05, 4.69) is 0 Å². The number of hydrogen-bond donors (Lipinski definition) is 3. The summed E-state index contributed by atoms with van der Waals surface area (Å²) in [4.78, 5) is 10.3. The zero-order valence-electron chi connectivity index (χ0n) is 11.3. The predicted octanol–water partition coefficient (Wildman–Crippen LogP) is 2.72. The molecule has 0 saturated heterocycles. The Morgan fingerprint density at radius 1 is 0.833 bits per heavy atom. The summed E-state index contributed by atoms with van der Waals surface area (Å²) >= 11 is 0. The Kier molecular flexibility index (Phi) is 12.4. The fraction of sp³-hybridized carbons (Fsp3) is 0.929. The average Bonchev–Trinajstić information content (AvgIpc) is 2.34. The number of hydrogen-bond acceptors (Lipinski definition) is 3. The van der Waals surface area contributed by atoms with Crippen LogP contribution in [-0.2, 0) is 4.79 Å². The summed E-state index contributed by atoms with van der Waals surface area (Å²) < 4.78 is 0. The van der Waals surface area contributed by atoms with E-state index in [9.17, 15) is 9.90 Å². The highest BCUT2D eigenvalue weighted by Gasteiger charge is 2.03. The maximum Gasteiger partial charge on any atom is 0.303 e. The van der Waals surface area contributed by atoms with Crippen LogP contribution in [0.1, 0.15) is 70.6 Å². The Bertz CT molecular complexity index is 194. The SMILES string of the molecule is O=C(O)CCCCCCCCCC(O)CCCO. The molecule has 4 heteroatoms. The molecule has 18 heavy (non-hydrogen) atoms. The van der Waals surface area contributed by atoms with E-state index in [1.165, 1.54) is 6.42 Å². The van der Waals surface area contributed by atoms with E-state index in [1.54, 1.807) is 0 Å². The highest BCUT2D eigenvalue weighted by Crippen LogP contribution is 2.12. The van der Waals surface area contributed by atoms with Crippen LogP contribution in [0.2, 0.25) is 0 Å². The monoisotopic (exact) mass is 260 g/mol. The van der Waals surface area contributed by atoms with Gasteiger partial charge in [-0.1, -0.05) is 38.5 Å². The summed E-state index contributed by atoms with van der Waals surface area (Å²) in [6.45, 7) is 0.160. The summed E-state index contributed by atoms with van der Waals surface area (Å²) in [6, 6.07) is 0. The van der Waals surface area contributed by atoms with Crippen molar-refractivity contribution in [1.29, 1.82) is 0 Å². The molecule has 108 valence electrons. The number of aliphatic hydroxyl groups excluding tert-OH is 2. The predicted molar refractivity (Wildman–Crippen MR) is 71.5 cm³/mol. The van der Waals surface area contributed by atoms with Gasteiger partial charge in [0.15, 0.2) is 0 Å². The summed E-state index contributed by atoms with van der Waals surface area (Å²) in [5, 5.41) is 26.6. The van der Waals surface area contributed by atoms with E-state index in [0.717, 1.165) is 44.9 Å². The fourth-order valence-electron chi connectivity index (χ4n) is 2.01. The molecule has 0 heterocycles. The van der Waals surface area contributed by atoms with E-state index >= 15 is 0 Å². The molecule has 1 atom stereocenters. The minimum Gasteiger partial charge on any atom is -0.481 e. The van der Waals surface area contributed by atoms with Crippen LogP contribution < -0.4 is 0 Å². The van der Waals surface area contributed by atoms with Gasteiger partial charge in [-0.25, -0.2) is 0 Å². The molecule has 0 aliphatic carbocycles. The Hall–Kier alpha value is -0.610. The smallest absolute Gasteiger partial charge is 0.303 e. The van der Waals surface area contributed by atoms with Gasteiger partial charge in [0, 0.05) is 13.0 Å². The zero-order valence-corrected chi connectivity index (χ0v) is 11.3. The second-order valence-corrected chi connectivity index (χ2v) is 4.93. The molecular weight excluding hydrogens is 232 g/mol. The molecule has 0 bridgehead atoms. The Morgan fingerprint density at radius 3 is 1.89 bits per heavy atom. The van der Waals surface area contributed by atoms with Crippen molar-refractivity contribution in [2.24, 2.45) is 0 Å². The molecule has 0 aliphatic rings. The van der Waals surface area contributed by atoms with Crippen LogP contribution in [0.3, 0.4) is 0 Å². The second kappa shape index (κ2) is 12.8. The van der Waals surface area contributed by atoms with E-state index in [1.807, 2.05) is 0 Å². The summed E-state index contributed by atoms with van der Waals surface area (Å²) in [7, 11) is 0. The molecule has 0 aromatic rings. The van der Waals surface area contributed by atoms with Crippen LogP contribution in [0, 0.1) is 0 Å². The van der Waals surface area contributed by atoms with Crippen LogP contribution in [0.5, 0.6) is 0 Å². The van der Waals surface area contributed by atoms with Gasteiger partial charge in [-0.2, -0.15) is 0 Å². The maximum absolute atomic E-state index is 10.3. The van der Waals surface area contributed by atoms with Crippen molar-refractivity contribution in [3.05, 3.63) is 0 Å². The van der Waals surface area contributed by atoms with E-state index in [0.29, 0.717) is 12.8 Å². The number of carboxylic acid groups (broad SMARTS) is 1. The maximum atomic E-state index is 10.3. The quantitative estimate of drug-likeness (QED) is 0.445. The van der Waals surface area contributed by atoms with Crippen molar-refractivity contribution in [2.45, 2.75) is 76.7 Å². The van der Waals surface area contributed by atoms with Gasteiger partial charge in [0.2, 0.25) is 0 Å². The molecule has 0 rings (SSSR count). The third kappa shape index (κ3) is 13.5. The number of unbranched alkanes of at least 4 members (excludes halogenated alkanes) is 6. The topological polar surface area (TPSA) is 77.8 Å². The lowest BCUT2D eigenvalue weighted by atomic mass is 10.0. The van der Waals surface area contributed by atoms with Gasteiger partial charge in [-0.15, -0.1) is 0 Å². The lowest BCUT2D eigenvalue weighted by Crippen LogP contribution is -2.06.